The van der Waals surface area contributed by atoms with Gasteiger partial charge in [0.1, 0.15) is 5.01 Å². The van der Waals surface area contributed by atoms with Gasteiger partial charge in [-0.3, -0.25) is 4.79 Å². The first kappa shape index (κ1) is 16.8. The number of benzene rings is 2. The fourth-order valence-corrected chi connectivity index (χ4v) is 4.43. The van der Waals surface area contributed by atoms with Crippen molar-refractivity contribution >= 4 is 27.5 Å². The Hall–Kier alpha value is -2.60. The maximum Gasteiger partial charge on any atom is 0.261 e. The van der Waals surface area contributed by atoms with Gasteiger partial charge < -0.3 is 14.4 Å². The second kappa shape index (κ2) is 7.33. The lowest BCUT2D eigenvalue weighted by molar-refractivity contribution is -0.134. The summed E-state index contributed by atoms with van der Waals surface area (Å²) in [6, 6.07) is 15.5. The van der Waals surface area contributed by atoms with Gasteiger partial charge in [-0.1, -0.05) is 24.3 Å². The summed E-state index contributed by atoms with van der Waals surface area (Å²) >= 11 is 1.67. The van der Waals surface area contributed by atoms with Gasteiger partial charge in [-0.2, -0.15) is 0 Å². The number of aromatic nitrogens is 1. The molecule has 1 aliphatic rings. The molecule has 26 heavy (non-hydrogen) atoms. The minimum Gasteiger partial charge on any atom is -0.493 e. The molecule has 2 aromatic carbocycles. The van der Waals surface area contributed by atoms with Gasteiger partial charge in [-0.15, -0.1) is 11.3 Å². The zero-order chi connectivity index (χ0) is 17.9. The van der Waals surface area contributed by atoms with Crippen molar-refractivity contribution in [3.63, 3.8) is 0 Å². The summed E-state index contributed by atoms with van der Waals surface area (Å²) in [6.07, 6.45) is 1.93. The van der Waals surface area contributed by atoms with Crippen molar-refractivity contribution in [2.45, 2.75) is 18.9 Å². The van der Waals surface area contributed by atoms with E-state index in [9.17, 15) is 4.79 Å². The molecule has 0 radical (unpaired) electrons. The van der Waals surface area contributed by atoms with Crippen LogP contribution in [0.25, 0.3) is 10.2 Å². The third-order valence-electron chi connectivity index (χ3n) is 4.59. The second-order valence-electron chi connectivity index (χ2n) is 6.20. The number of thiazole rings is 1. The molecule has 0 saturated carbocycles. The SMILES string of the molecule is COc1ccccc1OCC(=O)N1CCCC1c1nc2ccccc2s1. The molecule has 4 rings (SSSR count). The number of methoxy groups -OCH3 is 1. The van der Waals surface area contributed by atoms with Gasteiger partial charge in [0.05, 0.1) is 23.4 Å². The predicted molar refractivity (Wildman–Crippen MR) is 102 cm³/mol. The zero-order valence-electron chi connectivity index (χ0n) is 14.6. The van der Waals surface area contributed by atoms with Crippen LogP contribution in [-0.4, -0.2) is 36.1 Å². The first-order valence-electron chi connectivity index (χ1n) is 8.67. The summed E-state index contributed by atoms with van der Waals surface area (Å²) in [5.41, 5.74) is 0.997. The maximum atomic E-state index is 12.8. The van der Waals surface area contributed by atoms with E-state index in [-0.39, 0.29) is 18.6 Å². The average Bonchev–Trinajstić information content (AvgIpc) is 3.32. The van der Waals surface area contributed by atoms with E-state index in [2.05, 4.69) is 6.07 Å². The highest BCUT2D eigenvalue weighted by molar-refractivity contribution is 7.18. The first-order valence-corrected chi connectivity index (χ1v) is 9.48. The summed E-state index contributed by atoms with van der Waals surface area (Å²) in [4.78, 5) is 19.4. The number of carbonyl (C=O) groups is 1. The molecule has 0 aliphatic carbocycles. The number of nitrogens with zero attached hydrogens (tertiary/aromatic N) is 2. The monoisotopic (exact) mass is 368 g/mol. The highest BCUT2D eigenvalue weighted by Gasteiger charge is 2.32. The molecule has 1 atom stereocenters. The molecule has 2 heterocycles. The van der Waals surface area contributed by atoms with Gasteiger partial charge in [0, 0.05) is 6.54 Å². The normalized spacial score (nSPS) is 16.8. The van der Waals surface area contributed by atoms with Gasteiger partial charge in [0.15, 0.2) is 18.1 Å². The molecule has 5 nitrogen and oxygen atoms in total. The highest BCUT2D eigenvalue weighted by atomic mass is 32.1. The van der Waals surface area contributed by atoms with Crippen molar-refractivity contribution in [3.8, 4) is 11.5 Å². The number of likely N-dealkylation sites (tertiary alicyclic amines) is 1. The van der Waals surface area contributed by atoms with E-state index in [0.29, 0.717) is 11.5 Å². The van der Waals surface area contributed by atoms with Gasteiger partial charge in [-0.05, 0) is 37.1 Å². The molecule has 1 amide bonds. The molecule has 1 saturated heterocycles. The van der Waals surface area contributed by atoms with Crippen molar-refractivity contribution in [1.29, 1.82) is 0 Å². The van der Waals surface area contributed by atoms with Crippen LogP contribution in [0.15, 0.2) is 48.5 Å². The summed E-state index contributed by atoms with van der Waals surface area (Å²) < 4.78 is 12.1. The van der Waals surface area contributed by atoms with Crippen LogP contribution < -0.4 is 9.47 Å². The van der Waals surface area contributed by atoms with Crippen molar-refractivity contribution in [3.05, 3.63) is 53.5 Å². The lowest BCUT2D eigenvalue weighted by Gasteiger charge is -2.23. The largest absolute Gasteiger partial charge is 0.493 e. The van der Waals surface area contributed by atoms with Crippen LogP contribution in [0.4, 0.5) is 0 Å². The number of fused-ring (bicyclic) bond motifs is 1. The zero-order valence-corrected chi connectivity index (χ0v) is 15.4. The molecule has 134 valence electrons. The third kappa shape index (κ3) is 3.24. The Bertz CT molecular complexity index is 891. The number of rotatable bonds is 5. The van der Waals surface area contributed by atoms with E-state index in [0.717, 1.165) is 34.6 Å². The number of hydrogen-bond donors (Lipinski definition) is 0. The molecule has 1 aliphatic heterocycles. The van der Waals surface area contributed by atoms with E-state index in [1.807, 2.05) is 41.3 Å². The fourth-order valence-electron chi connectivity index (χ4n) is 3.31. The quantitative estimate of drug-likeness (QED) is 0.682. The first-order chi connectivity index (χ1) is 12.8. The summed E-state index contributed by atoms with van der Waals surface area (Å²) in [6.45, 7) is 0.747. The van der Waals surface area contributed by atoms with Gasteiger partial charge in [-0.25, -0.2) is 4.98 Å². The number of carbonyl (C=O) groups excluding carboxylic acids is 1. The van der Waals surface area contributed by atoms with Crippen molar-refractivity contribution in [1.82, 2.24) is 9.88 Å². The van der Waals surface area contributed by atoms with Crippen molar-refractivity contribution in [2.75, 3.05) is 20.3 Å². The van der Waals surface area contributed by atoms with Crippen LogP contribution >= 0.6 is 11.3 Å². The molecule has 0 N–H and O–H groups in total. The van der Waals surface area contributed by atoms with Crippen LogP contribution in [0, 0.1) is 0 Å². The molecule has 1 fully saturated rings. The van der Waals surface area contributed by atoms with E-state index in [1.54, 1.807) is 24.5 Å². The second-order valence-corrected chi connectivity index (χ2v) is 7.27. The third-order valence-corrected chi connectivity index (χ3v) is 5.73. The molecule has 1 aromatic heterocycles. The number of hydrogen-bond acceptors (Lipinski definition) is 5. The highest BCUT2D eigenvalue weighted by Crippen LogP contribution is 2.36. The molecule has 1 unspecified atom stereocenters. The van der Waals surface area contributed by atoms with Gasteiger partial charge in [0.2, 0.25) is 0 Å². The fraction of sp³-hybridized carbons (Fsp3) is 0.300. The lowest BCUT2D eigenvalue weighted by Crippen LogP contribution is -2.34. The molecular weight excluding hydrogens is 348 g/mol. The smallest absolute Gasteiger partial charge is 0.261 e. The minimum absolute atomic E-state index is 0.00175. The lowest BCUT2D eigenvalue weighted by atomic mass is 10.2. The van der Waals surface area contributed by atoms with Crippen LogP contribution in [0.2, 0.25) is 0 Å². The number of ether oxygens (including phenoxy) is 2. The van der Waals surface area contributed by atoms with Crippen molar-refractivity contribution in [2.24, 2.45) is 0 Å². The summed E-state index contributed by atoms with van der Waals surface area (Å²) in [5, 5.41) is 1.01. The van der Waals surface area contributed by atoms with Crippen molar-refractivity contribution < 1.29 is 14.3 Å². The Morgan fingerprint density at radius 1 is 1.19 bits per heavy atom. The van der Waals surface area contributed by atoms with Crippen LogP contribution in [0.3, 0.4) is 0 Å². The molecular formula is C20H20N2O3S. The standard InChI is InChI=1S/C20H20N2O3S/c1-24-16-9-3-4-10-17(16)25-13-19(23)22-12-6-8-15(22)20-21-14-7-2-5-11-18(14)26-20/h2-5,7,9-11,15H,6,8,12-13H2,1H3. The Balaban J connectivity index is 1.48. The Kier molecular flexibility index (Phi) is 4.75. The van der Waals surface area contributed by atoms with Gasteiger partial charge >= 0.3 is 0 Å². The predicted octanol–water partition coefficient (Wildman–Crippen LogP) is 4.05. The number of para-hydroxylation sites is 3. The van der Waals surface area contributed by atoms with E-state index >= 15 is 0 Å². The van der Waals surface area contributed by atoms with E-state index in [1.165, 1.54) is 0 Å². The van der Waals surface area contributed by atoms with E-state index in [4.69, 9.17) is 14.5 Å². The molecule has 0 bridgehead atoms. The van der Waals surface area contributed by atoms with Crippen LogP contribution in [0.1, 0.15) is 23.9 Å². The van der Waals surface area contributed by atoms with E-state index < -0.39 is 0 Å². The number of amides is 1. The minimum atomic E-state index is -0.0161. The average molecular weight is 368 g/mol. The summed E-state index contributed by atoms with van der Waals surface area (Å²) in [5.74, 6) is 1.20. The topological polar surface area (TPSA) is 51.7 Å². The van der Waals surface area contributed by atoms with Crippen LogP contribution in [-0.2, 0) is 4.79 Å². The van der Waals surface area contributed by atoms with Gasteiger partial charge in [0.25, 0.3) is 5.91 Å². The molecule has 6 heteroatoms. The maximum absolute atomic E-state index is 12.8. The Morgan fingerprint density at radius 2 is 1.96 bits per heavy atom. The summed E-state index contributed by atoms with van der Waals surface area (Å²) in [7, 11) is 1.59. The Morgan fingerprint density at radius 3 is 2.77 bits per heavy atom. The molecule has 3 aromatic rings. The van der Waals surface area contributed by atoms with Crippen LogP contribution in [0.5, 0.6) is 11.5 Å². The molecule has 0 spiro atoms. The Labute approximate surface area is 156 Å².